The van der Waals surface area contributed by atoms with Gasteiger partial charge in [0, 0.05) is 0 Å². The standard InChI is InChI=1S/C25H43/c1-3-5-7-9-11-13-15-17-19-21-23-25-24-22-20-18-16-14-12-10-8-6-4-2/h1,3,5,7,9,11,13,15H,4,6,8,10,12,14,16-25H2,2H3/b3-1?,7-5+,11-9+,15-13+. The molecule has 0 N–H and O–H groups in total. The summed E-state index contributed by atoms with van der Waals surface area (Å²) in [6.45, 7) is 7.54. The third kappa shape index (κ3) is 23.0. The van der Waals surface area contributed by atoms with Gasteiger partial charge in [0.15, 0.2) is 0 Å². The van der Waals surface area contributed by atoms with Crippen LogP contribution in [0.2, 0.25) is 0 Å². The van der Waals surface area contributed by atoms with Gasteiger partial charge in [-0.3, -0.25) is 0 Å². The summed E-state index contributed by atoms with van der Waals surface area (Å²) in [6.07, 6.45) is 36.5. The number of allylic oxidation sites excluding steroid dienone is 7. The minimum atomic E-state index is 1.20. The topological polar surface area (TPSA) is 0 Å². The van der Waals surface area contributed by atoms with E-state index in [1.807, 2.05) is 18.2 Å². The summed E-state index contributed by atoms with van der Waals surface area (Å²) in [7, 11) is 0. The van der Waals surface area contributed by atoms with Crippen LogP contribution in [0, 0.1) is 6.58 Å². The van der Waals surface area contributed by atoms with E-state index in [0.29, 0.717) is 0 Å². The molecule has 0 amide bonds. The molecule has 0 aliphatic carbocycles. The van der Waals surface area contributed by atoms with Crippen molar-refractivity contribution in [2.45, 2.75) is 110 Å². The van der Waals surface area contributed by atoms with Gasteiger partial charge in [-0.2, -0.15) is 0 Å². The van der Waals surface area contributed by atoms with Crippen molar-refractivity contribution < 1.29 is 0 Å². The number of hydrogen-bond donors (Lipinski definition) is 0. The van der Waals surface area contributed by atoms with Crippen molar-refractivity contribution in [1.29, 1.82) is 0 Å². The molecule has 1 radical (unpaired) electrons. The summed E-state index contributed by atoms with van der Waals surface area (Å²) in [6, 6.07) is 0. The molecule has 25 heavy (non-hydrogen) atoms. The normalized spacial score (nSPS) is 12.0. The first-order valence-corrected chi connectivity index (χ1v) is 10.9. The molecule has 0 spiro atoms. The van der Waals surface area contributed by atoms with E-state index in [0.717, 1.165) is 0 Å². The molecule has 0 fully saturated rings. The Bertz CT molecular complexity index is 332. The van der Waals surface area contributed by atoms with Crippen LogP contribution >= 0.6 is 0 Å². The van der Waals surface area contributed by atoms with Crippen LogP contribution in [-0.4, -0.2) is 0 Å². The second-order valence-corrected chi connectivity index (χ2v) is 7.13. The molecule has 0 aliphatic heterocycles. The molecule has 0 saturated carbocycles. The van der Waals surface area contributed by atoms with Crippen LogP contribution in [0.3, 0.4) is 0 Å². The molecule has 0 heterocycles. The minimum Gasteiger partial charge on any atom is -0.0845 e. The monoisotopic (exact) mass is 343 g/mol. The van der Waals surface area contributed by atoms with Crippen LogP contribution in [0.1, 0.15) is 110 Å². The fraction of sp³-hybridized carbons (Fsp3) is 0.680. The molecule has 0 atom stereocenters. The molecule has 0 nitrogen and oxygen atoms in total. The van der Waals surface area contributed by atoms with Gasteiger partial charge in [0.05, 0.1) is 0 Å². The van der Waals surface area contributed by atoms with Crippen LogP contribution in [-0.2, 0) is 0 Å². The van der Waals surface area contributed by atoms with Gasteiger partial charge in [-0.05, 0) is 12.8 Å². The fourth-order valence-corrected chi connectivity index (χ4v) is 3.06. The SMILES string of the molecule is [CH]=C/C=C/C=C/C=C/CCCCCCCCCCCCCCCCC. The summed E-state index contributed by atoms with van der Waals surface area (Å²) < 4.78 is 0. The lowest BCUT2D eigenvalue weighted by atomic mass is 10.0. The highest BCUT2D eigenvalue weighted by Crippen LogP contribution is 2.13. The molecule has 0 unspecified atom stereocenters. The van der Waals surface area contributed by atoms with E-state index < -0.39 is 0 Å². The van der Waals surface area contributed by atoms with Crippen molar-refractivity contribution in [2.75, 3.05) is 0 Å². The zero-order chi connectivity index (χ0) is 18.3. The van der Waals surface area contributed by atoms with Gasteiger partial charge in [-0.25, -0.2) is 0 Å². The van der Waals surface area contributed by atoms with Gasteiger partial charge in [0.2, 0.25) is 0 Å². The maximum absolute atomic E-state index is 5.25. The van der Waals surface area contributed by atoms with Gasteiger partial charge in [-0.15, -0.1) is 0 Å². The second-order valence-electron chi connectivity index (χ2n) is 7.13. The van der Waals surface area contributed by atoms with E-state index in [9.17, 15) is 0 Å². The predicted octanol–water partition coefficient (Wildman–Crippen LogP) is 8.91. The van der Waals surface area contributed by atoms with Crippen LogP contribution in [0.4, 0.5) is 0 Å². The Morgan fingerprint density at radius 2 is 0.880 bits per heavy atom. The zero-order valence-electron chi connectivity index (χ0n) is 16.9. The van der Waals surface area contributed by atoms with Gasteiger partial charge in [0.1, 0.15) is 0 Å². The first-order chi connectivity index (χ1) is 12.4. The van der Waals surface area contributed by atoms with Crippen molar-refractivity contribution in [1.82, 2.24) is 0 Å². The Morgan fingerprint density at radius 3 is 1.36 bits per heavy atom. The van der Waals surface area contributed by atoms with E-state index in [1.54, 1.807) is 6.08 Å². The molecule has 0 aliphatic rings. The molecule has 0 heteroatoms. The van der Waals surface area contributed by atoms with Crippen molar-refractivity contribution in [3.8, 4) is 0 Å². The van der Waals surface area contributed by atoms with E-state index >= 15 is 0 Å². The number of rotatable bonds is 19. The molecular weight excluding hydrogens is 300 g/mol. The summed E-state index contributed by atoms with van der Waals surface area (Å²) in [5, 5.41) is 0. The van der Waals surface area contributed by atoms with Crippen LogP contribution in [0.5, 0.6) is 0 Å². The van der Waals surface area contributed by atoms with Gasteiger partial charge in [0.25, 0.3) is 0 Å². The quantitative estimate of drug-likeness (QED) is 0.162. The fourth-order valence-electron chi connectivity index (χ4n) is 3.06. The maximum atomic E-state index is 5.25. The first-order valence-electron chi connectivity index (χ1n) is 10.9. The largest absolute Gasteiger partial charge is 0.0845 e. The van der Waals surface area contributed by atoms with E-state index in [-0.39, 0.29) is 0 Å². The lowest BCUT2D eigenvalue weighted by molar-refractivity contribution is 0.533. The summed E-state index contributed by atoms with van der Waals surface area (Å²) in [5.41, 5.74) is 0. The third-order valence-electron chi connectivity index (χ3n) is 4.67. The van der Waals surface area contributed by atoms with Crippen LogP contribution in [0.15, 0.2) is 42.5 Å². The average Bonchev–Trinajstić information content (AvgIpc) is 2.63. The second kappa shape index (κ2) is 23.0. The van der Waals surface area contributed by atoms with Gasteiger partial charge >= 0.3 is 0 Å². The zero-order valence-corrected chi connectivity index (χ0v) is 16.9. The highest BCUT2D eigenvalue weighted by atomic mass is 14.0. The molecule has 0 rings (SSSR count). The van der Waals surface area contributed by atoms with Crippen LogP contribution in [0.25, 0.3) is 0 Å². The maximum Gasteiger partial charge on any atom is -0.0348 e. The summed E-state index contributed by atoms with van der Waals surface area (Å²) in [5.74, 6) is 0. The van der Waals surface area contributed by atoms with Crippen molar-refractivity contribution in [3.05, 3.63) is 49.1 Å². The van der Waals surface area contributed by atoms with Crippen molar-refractivity contribution >= 4 is 0 Å². The smallest absolute Gasteiger partial charge is 0.0348 e. The lowest BCUT2D eigenvalue weighted by Gasteiger charge is -2.03. The highest BCUT2D eigenvalue weighted by Gasteiger charge is 1.93. The van der Waals surface area contributed by atoms with E-state index in [4.69, 9.17) is 6.58 Å². The minimum absolute atomic E-state index is 1.20. The molecule has 0 aromatic heterocycles. The Labute approximate surface area is 159 Å². The number of unbranched alkanes of at least 4 members (excludes halogenated alkanes) is 15. The average molecular weight is 344 g/mol. The van der Waals surface area contributed by atoms with Crippen molar-refractivity contribution in [2.24, 2.45) is 0 Å². The first kappa shape index (κ1) is 24.0. The summed E-state index contributed by atoms with van der Waals surface area (Å²) in [4.78, 5) is 0. The summed E-state index contributed by atoms with van der Waals surface area (Å²) >= 11 is 0. The van der Waals surface area contributed by atoms with E-state index in [2.05, 4.69) is 25.2 Å². The third-order valence-corrected chi connectivity index (χ3v) is 4.67. The molecule has 0 aromatic carbocycles. The molecule has 143 valence electrons. The van der Waals surface area contributed by atoms with Gasteiger partial charge < -0.3 is 0 Å². The molecular formula is C25H43. The lowest BCUT2D eigenvalue weighted by Crippen LogP contribution is -1.83. The van der Waals surface area contributed by atoms with Crippen molar-refractivity contribution in [3.63, 3.8) is 0 Å². The number of hydrogen-bond acceptors (Lipinski definition) is 0. The predicted molar refractivity (Wildman–Crippen MR) is 116 cm³/mol. The van der Waals surface area contributed by atoms with Crippen LogP contribution < -0.4 is 0 Å². The molecule has 0 aromatic rings. The Hall–Kier alpha value is -1.04. The highest BCUT2D eigenvalue weighted by molar-refractivity contribution is 5.13. The Morgan fingerprint density at radius 1 is 0.480 bits per heavy atom. The molecule has 0 saturated heterocycles. The van der Waals surface area contributed by atoms with Gasteiger partial charge in [-0.1, -0.05) is 146 Å². The van der Waals surface area contributed by atoms with E-state index in [1.165, 1.54) is 103 Å². The molecule has 0 bridgehead atoms. The Balaban J connectivity index is 3.11. The Kier molecular flexibility index (Phi) is 22.0.